The maximum atomic E-state index is 4.36. The van der Waals surface area contributed by atoms with Crippen LogP contribution < -0.4 is 5.32 Å². The molecule has 1 aliphatic heterocycles. The van der Waals surface area contributed by atoms with Gasteiger partial charge < -0.3 is 5.32 Å². The van der Waals surface area contributed by atoms with E-state index in [9.17, 15) is 0 Å². The summed E-state index contributed by atoms with van der Waals surface area (Å²) in [5, 5.41) is 4.61. The van der Waals surface area contributed by atoms with E-state index in [2.05, 4.69) is 23.5 Å². The average Bonchev–Trinajstić information content (AvgIpc) is 2.56. The van der Waals surface area contributed by atoms with Crippen molar-refractivity contribution >= 4 is 28.7 Å². The molecular weight excluding hydrogens is 188 g/mol. The fourth-order valence-electron chi connectivity index (χ4n) is 1.06. The molecule has 70 valence electrons. The SMILES string of the molecule is CCC(CSC)NC1=NCCS1. The van der Waals surface area contributed by atoms with Crippen molar-refractivity contribution in [3.05, 3.63) is 0 Å². The Morgan fingerprint density at radius 2 is 2.58 bits per heavy atom. The largest absolute Gasteiger partial charge is 0.361 e. The van der Waals surface area contributed by atoms with Crippen LogP contribution in [0.2, 0.25) is 0 Å². The van der Waals surface area contributed by atoms with Crippen molar-refractivity contribution in [3.8, 4) is 0 Å². The summed E-state index contributed by atoms with van der Waals surface area (Å²) in [6, 6.07) is 0.601. The number of thioether (sulfide) groups is 2. The highest BCUT2D eigenvalue weighted by Crippen LogP contribution is 2.11. The number of rotatable bonds is 4. The number of nitrogens with one attached hydrogen (secondary N) is 1. The van der Waals surface area contributed by atoms with Crippen LogP contribution in [-0.4, -0.2) is 35.5 Å². The van der Waals surface area contributed by atoms with E-state index in [4.69, 9.17) is 0 Å². The van der Waals surface area contributed by atoms with E-state index < -0.39 is 0 Å². The average molecular weight is 204 g/mol. The Balaban J connectivity index is 2.25. The maximum Gasteiger partial charge on any atom is 0.156 e. The zero-order valence-corrected chi connectivity index (χ0v) is 9.30. The minimum Gasteiger partial charge on any atom is -0.361 e. The molecule has 0 radical (unpaired) electrons. The normalized spacial score (nSPS) is 19.0. The van der Waals surface area contributed by atoms with Gasteiger partial charge in [-0.15, -0.1) is 0 Å². The van der Waals surface area contributed by atoms with Gasteiger partial charge >= 0.3 is 0 Å². The Labute approximate surface area is 83.0 Å². The van der Waals surface area contributed by atoms with E-state index in [1.165, 1.54) is 12.2 Å². The molecule has 1 atom stereocenters. The molecule has 0 saturated heterocycles. The van der Waals surface area contributed by atoms with E-state index >= 15 is 0 Å². The Hall–Kier alpha value is 0.170. The lowest BCUT2D eigenvalue weighted by Crippen LogP contribution is -2.33. The molecule has 1 unspecified atom stereocenters. The molecule has 1 rings (SSSR count). The molecule has 0 aromatic rings. The van der Waals surface area contributed by atoms with Crippen molar-refractivity contribution in [2.24, 2.45) is 4.99 Å². The summed E-state index contributed by atoms with van der Waals surface area (Å²) < 4.78 is 0. The molecule has 1 N–H and O–H groups in total. The second-order valence-corrected chi connectivity index (χ2v) is 4.73. The molecule has 12 heavy (non-hydrogen) atoms. The summed E-state index contributed by atoms with van der Waals surface area (Å²) in [4.78, 5) is 4.36. The van der Waals surface area contributed by atoms with Crippen LogP contribution in [0.15, 0.2) is 4.99 Å². The van der Waals surface area contributed by atoms with Gasteiger partial charge in [0.2, 0.25) is 0 Å². The topological polar surface area (TPSA) is 24.4 Å². The molecule has 0 amide bonds. The molecule has 0 saturated carbocycles. The van der Waals surface area contributed by atoms with Crippen LogP contribution in [0, 0.1) is 0 Å². The van der Waals surface area contributed by atoms with E-state index in [1.807, 2.05) is 23.5 Å². The van der Waals surface area contributed by atoms with E-state index in [0.29, 0.717) is 6.04 Å². The van der Waals surface area contributed by atoms with Gasteiger partial charge in [0, 0.05) is 17.5 Å². The molecule has 0 fully saturated rings. The molecule has 1 heterocycles. The highest BCUT2D eigenvalue weighted by atomic mass is 32.2. The first kappa shape index (κ1) is 10.3. The van der Waals surface area contributed by atoms with Gasteiger partial charge in [-0.3, -0.25) is 4.99 Å². The summed E-state index contributed by atoms with van der Waals surface area (Å²) in [6.45, 7) is 3.21. The molecule has 0 spiro atoms. The second kappa shape index (κ2) is 5.75. The Kier molecular flexibility index (Phi) is 4.92. The number of amidine groups is 1. The van der Waals surface area contributed by atoms with Gasteiger partial charge in [-0.2, -0.15) is 11.8 Å². The van der Waals surface area contributed by atoms with Gasteiger partial charge in [0.05, 0.1) is 6.54 Å². The van der Waals surface area contributed by atoms with Gasteiger partial charge in [-0.25, -0.2) is 0 Å². The fourth-order valence-corrected chi connectivity index (χ4v) is 2.59. The molecule has 4 heteroatoms. The third-order valence-corrected chi connectivity index (χ3v) is 3.42. The minimum absolute atomic E-state index is 0.601. The van der Waals surface area contributed by atoms with Crippen LogP contribution in [-0.2, 0) is 0 Å². The minimum atomic E-state index is 0.601. The molecule has 0 bridgehead atoms. The molecule has 0 aromatic carbocycles. The summed E-state index contributed by atoms with van der Waals surface area (Å²) >= 11 is 3.73. The van der Waals surface area contributed by atoms with Crippen LogP contribution in [0.3, 0.4) is 0 Å². The molecule has 0 aromatic heterocycles. The number of aliphatic imine (C=N–C) groups is 1. The third kappa shape index (κ3) is 3.27. The van der Waals surface area contributed by atoms with Gasteiger partial charge in [0.15, 0.2) is 5.17 Å². The number of nitrogens with zero attached hydrogens (tertiary/aromatic N) is 1. The Bertz CT molecular complexity index is 159. The molecule has 1 aliphatic rings. The van der Waals surface area contributed by atoms with Gasteiger partial charge in [0.25, 0.3) is 0 Å². The number of hydrogen-bond donors (Lipinski definition) is 1. The quantitative estimate of drug-likeness (QED) is 0.756. The van der Waals surface area contributed by atoms with Gasteiger partial charge in [-0.1, -0.05) is 18.7 Å². The smallest absolute Gasteiger partial charge is 0.156 e. The summed E-state index contributed by atoms with van der Waals surface area (Å²) in [6.07, 6.45) is 3.33. The predicted octanol–water partition coefficient (Wildman–Crippen LogP) is 1.82. The fraction of sp³-hybridized carbons (Fsp3) is 0.875. The zero-order chi connectivity index (χ0) is 8.81. The Morgan fingerprint density at radius 1 is 1.75 bits per heavy atom. The first-order chi connectivity index (χ1) is 5.86. The molecular formula is C8H16N2S2. The first-order valence-corrected chi connectivity index (χ1v) is 6.67. The highest BCUT2D eigenvalue weighted by molar-refractivity contribution is 8.14. The van der Waals surface area contributed by atoms with Crippen LogP contribution in [0.25, 0.3) is 0 Å². The van der Waals surface area contributed by atoms with Crippen LogP contribution in [0.1, 0.15) is 13.3 Å². The standard InChI is InChI=1S/C8H16N2S2/c1-3-7(6-11-2)10-8-9-4-5-12-8/h7H,3-6H2,1-2H3,(H,9,10). The van der Waals surface area contributed by atoms with Gasteiger partial charge in [0.1, 0.15) is 0 Å². The second-order valence-electron chi connectivity index (χ2n) is 2.74. The van der Waals surface area contributed by atoms with Crippen LogP contribution in [0.4, 0.5) is 0 Å². The van der Waals surface area contributed by atoms with Crippen molar-refractivity contribution in [2.45, 2.75) is 19.4 Å². The molecule has 2 nitrogen and oxygen atoms in total. The monoisotopic (exact) mass is 204 g/mol. The van der Waals surface area contributed by atoms with Crippen LogP contribution in [0.5, 0.6) is 0 Å². The predicted molar refractivity (Wildman–Crippen MR) is 60.4 cm³/mol. The van der Waals surface area contributed by atoms with Crippen molar-refractivity contribution in [1.82, 2.24) is 5.32 Å². The first-order valence-electron chi connectivity index (χ1n) is 4.29. The van der Waals surface area contributed by atoms with Crippen LogP contribution >= 0.6 is 23.5 Å². The lowest BCUT2D eigenvalue weighted by molar-refractivity contribution is 0.656. The highest BCUT2D eigenvalue weighted by Gasteiger charge is 2.11. The van der Waals surface area contributed by atoms with Crippen molar-refractivity contribution in [1.29, 1.82) is 0 Å². The van der Waals surface area contributed by atoms with Crippen molar-refractivity contribution < 1.29 is 0 Å². The van der Waals surface area contributed by atoms with E-state index in [1.54, 1.807) is 0 Å². The third-order valence-electron chi connectivity index (χ3n) is 1.77. The lowest BCUT2D eigenvalue weighted by atomic mass is 10.3. The summed E-state index contributed by atoms with van der Waals surface area (Å²) in [5.41, 5.74) is 0. The van der Waals surface area contributed by atoms with Crippen molar-refractivity contribution in [3.63, 3.8) is 0 Å². The number of hydrogen-bond acceptors (Lipinski definition) is 4. The lowest BCUT2D eigenvalue weighted by Gasteiger charge is -2.15. The molecule has 0 aliphatic carbocycles. The summed E-state index contributed by atoms with van der Waals surface area (Å²) in [7, 11) is 0. The Morgan fingerprint density at radius 3 is 3.08 bits per heavy atom. The van der Waals surface area contributed by atoms with Crippen molar-refractivity contribution in [2.75, 3.05) is 24.3 Å². The zero-order valence-electron chi connectivity index (χ0n) is 7.67. The van der Waals surface area contributed by atoms with E-state index in [0.717, 1.165) is 17.5 Å². The maximum absolute atomic E-state index is 4.36. The van der Waals surface area contributed by atoms with E-state index in [-0.39, 0.29) is 0 Å². The summed E-state index contributed by atoms with van der Waals surface area (Å²) in [5.74, 6) is 2.33. The van der Waals surface area contributed by atoms with Gasteiger partial charge in [-0.05, 0) is 12.7 Å².